The molecule has 304 valence electrons. The maximum absolute atomic E-state index is 14.9. The van der Waals surface area contributed by atoms with E-state index in [0.29, 0.717) is 82.7 Å². The Labute approximate surface area is 335 Å². The number of esters is 2. The minimum absolute atomic E-state index is 0.0492. The molecule has 3 N–H and O–H groups in total. The van der Waals surface area contributed by atoms with Gasteiger partial charge in [0.2, 0.25) is 6.79 Å². The molecular weight excluding hydrogens is 755 g/mol. The number of thioether (sulfide) groups is 1. The molecule has 7 heterocycles. The van der Waals surface area contributed by atoms with E-state index >= 15 is 0 Å². The Kier molecular flexibility index (Phi) is 9.47. The lowest BCUT2D eigenvalue weighted by atomic mass is 9.73. The predicted molar refractivity (Wildman–Crippen MR) is 209 cm³/mol. The number of piperazine rings is 1. The van der Waals surface area contributed by atoms with E-state index in [9.17, 15) is 19.8 Å². The van der Waals surface area contributed by atoms with E-state index in [-0.39, 0.29) is 30.9 Å². The highest BCUT2D eigenvalue weighted by atomic mass is 32.2. The van der Waals surface area contributed by atoms with Gasteiger partial charge in [0.15, 0.2) is 40.0 Å². The molecule has 7 atom stereocenters. The van der Waals surface area contributed by atoms with Crippen LogP contribution in [0, 0.1) is 13.8 Å². The SMILES string of the molecule is CCCOc1cc2c(cc1OC)[C@@]1(CS[C@@H]3c4c(OC(C)=O)c(C)c5c(c4[C@@H](COC1=O)N1C3[C@H]3c4c(cc(C)c(OC)c4O)C[C@@H]([C@@H]1O)N3C)OCO5)NCC2. The first-order valence-electron chi connectivity index (χ1n) is 19.5. The van der Waals surface area contributed by atoms with Crippen LogP contribution in [0.5, 0.6) is 40.2 Å². The average molecular weight is 804 g/mol. The maximum atomic E-state index is 14.9. The molecule has 0 saturated carbocycles. The highest BCUT2D eigenvalue weighted by Crippen LogP contribution is 2.64. The fraction of sp³-hybridized carbons (Fsp3) is 0.524. The Hall–Kier alpha value is -4.41. The molecule has 3 aromatic carbocycles. The predicted octanol–water partition coefficient (Wildman–Crippen LogP) is 4.50. The Morgan fingerprint density at radius 1 is 1.04 bits per heavy atom. The molecule has 14 nitrogen and oxygen atoms in total. The summed E-state index contributed by atoms with van der Waals surface area (Å²) in [4.78, 5) is 32.0. The molecule has 3 aromatic rings. The summed E-state index contributed by atoms with van der Waals surface area (Å²) < 4.78 is 42.6. The van der Waals surface area contributed by atoms with Gasteiger partial charge in [0.05, 0.1) is 44.2 Å². The van der Waals surface area contributed by atoms with Crippen molar-refractivity contribution in [3.8, 4) is 40.2 Å². The van der Waals surface area contributed by atoms with Crippen molar-refractivity contribution in [2.45, 2.75) is 88.1 Å². The van der Waals surface area contributed by atoms with Gasteiger partial charge in [-0.3, -0.25) is 19.9 Å². The number of benzene rings is 3. The number of rotatable bonds is 6. The number of aliphatic hydroxyl groups is 1. The number of aliphatic hydroxyl groups excluding tert-OH is 1. The zero-order chi connectivity index (χ0) is 40.1. The maximum Gasteiger partial charge on any atom is 0.331 e. The number of fused-ring (bicyclic) bond motifs is 9. The lowest BCUT2D eigenvalue weighted by Gasteiger charge is -2.62. The summed E-state index contributed by atoms with van der Waals surface area (Å²) in [6, 6.07) is 3.73. The number of aromatic hydroxyl groups is 1. The second-order valence-electron chi connectivity index (χ2n) is 15.8. The monoisotopic (exact) mass is 803 g/mol. The molecule has 0 amide bonds. The van der Waals surface area contributed by atoms with E-state index in [4.69, 9.17) is 33.2 Å². The molecule has 4 bridgehead atoms. The minimum Gasteiger partial charge on any atom is -0.504 e. The quantitative estimate of drug-likeness (QED) is 0.236. The van der Waals surface area contributed by atoms with Gasteiger partial charge in [-0.05, 0) is 74.5 Å². The van der Waals surface area contributed by atoms with Crippen LogP contribution in [0.25, 0.3) is 0 Å². The standard InChI is InChI=1S/C42H49N3O11S/c1-8-11-52-28-14-22-9-10-43-42(24(22)15-27(28)50-6)17-57-39-31-30(38-37(54-18-55-38)20(3)36(31)56-21(4)46)26(16-53-41(42)49)45-33(39)32-29-23(13-25(40(45)48)44(32)5)12-19(2)35(51-7)34(29)47/h12,14-15,25-26,32-33,39-40,43,47-48H,8-11,13,16-18H2,1-7H3/t25-,26+,32+,33?,39+,40-,42+/m0/s1. The third kappa shape index (κ3) is 5.52. The zero-order valence-electron chi connectivity index (χ0n) is 33.2. The van der Waals surface area contributed by atoms with Crippen molar-refractivity contribution in [2.24, 2.45) is 0 Å². The largest absolute Gasteiger partial charge is 0.504 e. The fourth-order valence-electron chi connectivity index (χ4n) is 10.3. The normalized spacial score (nSPS) is 28.5. The number of hydrogen-bond donors (Lipinski definition) is 3. The molecule has 1 unspecified atom stereocenters. The summed E-state index contributed by atoms with van der Waals surface area (Å²) >= 11 is 1.51. The van der Waals surface area contributed by atoms with Crippen LogP contribution >= 0.6 is 11.8 Å². The Balaban J connectivity index is 1.29. The smallest absolute Gasteiger partial charge is 0.331 e. The van der Waals surface area contributed by atoms with Crippen LogP contribution in [0.2, 0.25) is 0 Å². The number of likely N-dealkylation sites (N-methyl/N-ethyl adjacent to an activating group) is 1. The lowest BCUT2D eigenvalue weighted by Crippen LogP contribution is -2.70. The van der Waals surface area contributed by atoms with Crippen LogP contribution < -0.4 is 33.7 Å². The first-order valence-corrected chi connectivity index (χ1v) is 20.6. The Morgan fingerprint density at radius 3 is 2.56 bits per heavy atom. The third-order valence-corrected chi connectivity index (χ3v) is 14.2. The van der Waals surface area contributed by atoms with Gasteiger partial charge in [-0.2, -0.15) is 0 Å². The van der Waals surface area contributed by atoms with E-state index in [0.717, 1.165) is 28.7 Å². The number of methoxy groups -OCH3 is 2. The lowest BCUT2D eigenvalue weighted by molar-refractivity contribution is -0.186. The van der Waals surface area contributed by atoms with Crippen molar-refractivity contribution < 1.29 is 53.0 Å². The molecular formula is C42H49N3O11S. The molecule has 2 fully saturated rings. The van der Waals surface area contributed by atoms with Crippen molar-refractivity contribution in [3.63, 3.8) is 0 Å². The highest BCUT2D eigenvalue weighted by molar-refractivity contribution is 7.99. The second-order valence-corrected chi connectivity index (χ2v) is 16.9. The fourth-order valence-corrected chi connectivity index (χ4v) is 12.0. The number of nitrogens with one attached hydrogen (secondary N) is 1. The molecule has 0 radical (unpaired) electrons. The molecule has 0 aliphatic carbocycles. The molecule has 57 heavy (non-hydrogen) atoms. The number of aryl methyl sites for hydroxylation is 1. The molecule has 7 aliphatic heterocycles. The number of nitrogens with zero attached hydrogens (tertiary/aromatic N) is 2. The zero-order valence-corrected chi connectivity index (χ0v) is 34.0. The van der Waals surface area contributed by atoms with E-state index in [1.54, 1.807) is 14.2 Å². The van der Waals surface area contributed by atoms with Gasteiger partial charge in [-0.25, -0.2) is 4.79 Å². The molecule has 10 rings (SSSR count). The summed E-state index contributed by atoms with van der Waals surface area (Å²) in [5.74, 6) is 2.07. The van der Waals surface area contributed by atoms with Crippen LogP contribution in [0.1, 0.15) is 82.1 Å². The number of ether oxygens (including phenoxy) is 7. The molecule has 1 spiro atoms. The van der Waals surface area contributed by atoms with Crippen molar-refractivity contribution in [3.05, 3.63) is 62.7 Å². The highest BCUT2D eigenvalue weighted by Gasteiger charge is 2.61. The summed E-state index contributed by atoms with van der Waals surface area (Å²) in [5, 5.41) is 27.7. The van der Waals surface area contributed by atoms with Crippen LogP contribution in [-0.2, 0) is 32.7 Å². The Bertz CT molecular complexity index is 2180. The van der Waals surface area contributed by atoms with Crippen molar-refractivity contribution in [2.75, 3.05) is 53.6 Å². The number of carbonyl (C=O) groups is 2. The summed E-state index contributed by atoms with van der Waals surface area (Å²) in [7, 11) is 5.11. The van der Waals surface area contributed by atoms with Gasteiger partial charge in [0.25, 0.3) is 0 Å². The van der Waals surface area contributed by atoms with Crippen molar-refractivity contribution in [1.29, 1.82) is 0 Å². The van der Waals surface area contributed by atoms with E-state index in [1.807, 2.05) is 50.9 Å². The summed E-state index contributed by atoms with van der Waals surface area (Å²) in [6.07, 6.45) is 0.913. The summed E-state index contributed by atoms with van der Waals surface area (Å²) in [6.45, 7) is 7.97. The van der Waals surface area contributed by atoms with E-state index in [2.05, 4.69) is 10.2 Å². The Morgan fingerprint density at radius 2 is 1.82 bits per heavy atom. The summed E-state index contributed by atoms with van der Waals surface area (Å²) in [5.41, 5.74) is 4.78. The van der Waals surface area contributed by atoms with Gasteiger partial charge in [0, 0.05) is 47.5 Å². The first-order chi connectivity index (χ1) is 27.4. The topological polar surface area (TPSA) is 158 Å². The average Bonchev–Trinajstić information content (AvgIpc) is 3.68. The molecule has 2 saturated heterocycles. The third-order valence-electron chi connectivity index (χ3n) is 12.7. The minimum atomic E-state index is -1.31. The van der Waals surface area contributed by atoms with Crippen LogP contribution in [0.4, 0.5) is 0 Å². The van der Waals surface area contributed by atoms with E-state index in [1.165, 1.54) is 18.7 Å². The number of carbonyl (C=O) groups excluding carboxylic acids is 2. The van der Waals surface area contributed by atoms with Gasteiger partial charge in [-0.1, -0.05) is 13.0 Å². The van der Waals surface area contributed by atoms with Crippen LogP contribution in [0.15, 0.2) is 18.2 Å². The van der Waals surface area contributed by atoms with Gasteiger partial charge < -0.3 is 43.4 Å². The van der Waals surface area contributed by atoms with Crippen LogP contribution in [0.3, 0.4) is 0 Å². The second kappa shape index (κ2) is 14.2. The van der Waals surface area contributed by atoms with Crippen LogP contribution in [-0.4, -0.2) is 104 Å². The number of hydrogen-bond acceptors (Lipinski definition) is 15. The molecule has 7 aliphatic rings. The molecule has 0 aromatic heterocycles. The number of phenolic OH excluding ortho intramolecular Hbond substituents is 1. The molecule has 15 heteroatoms. The van der Waals surface area contributed by atoms with Crippen molar-refractivity contribution in [1.82, 2.24) is 15.1 Å². The van der Waals surface area contributed by atoms with Gasteiger partial charge in [0.1, 0.15) is 18.6 Å². The number of phenols is 1. The van der Waals surface area contributed by atoms with Crippen molar-refractivity contribution >= 4 is 23.7 Å². The van der Waals surface area contributed by atoms with Gasteiger partial charge in [-0.15, -0.1) is 11.8 Å². The van der Waals surface area contributed by atoms with Gasteiger partial charge >= 0.3 is 11.9 Å². The first kappa shape index (κ1) is 38.1. The van der Waals surface area contributed by atoms with E-state index < -0.39 is 47.1 Å².